The van der Waals surface area contributed by atoms with E-state index >= 15 is 0 Å². The molecular formula is C19H27N5O3S. The van der Waals surface area contributed by atoms with Crippen LogP contribution in [0.4, 0.5) is 5.95 Å². The molecule has 1 unspecified atom stereocenters. The molecule has 1 amide bonds. The lowest BCUT2D eigenvalue weighted by Gasteiger charge is -2.27. The maximum atomic E-state index is 12.2. The number of ether oxygens (including phenoxy) is 1. The first-order valence-electron chi connectivity index (χ1n) is 10.0. The molecule has 28 heavy (non-hydrogen) atoms. The van der Waals surface area contributed by atoms with Crippen LogP contribution in [0.1, 0.15) is 37.9 Å². The summed E-state index contributed by atoms with van der Waals surface area (Å²) in [7, 11) is 0. The SMILES string of the molecule is O=C(CSc1nnc(N2CCCCC2)n1Cc1ccco1)NCC1CCCO1. The van der Waals surface area contributed by atoms with Crippen molar-refractivity contribution in [3.8, 4) is 0 Å². The fourth-order valence-corrected chi connectivity index (χ4v) is 4.39. The van der Waals surface area contributed by atoms with Crippen LogP contribution in [0.3, 0.4) is 0 Å². The summed E-state index contributed by atoms with van der Waals surface area (Å²) < 4.78 is 13.1. The van der Waals surface area contributed by atoms with Gasteiger partial charge in [-0.05, 0) is 44.2 Å². The van der Waals surface area contributed by atoms with Crippen LogP contribution in [0.25, 0.3) is 0 Å². The van der Waals surface area contributed by atoms with Gasteiger partial charge in [-0.1, -0.05) is 11.8 Å². The highest BCUT2D eigenvalue weighted by Crippen LogP contribution is 2.25. The third kappa shape index (κ3) is 4.88. The number of anilines is 1. The van der Waals surface area contributed by atoms with Crippen LogP contribution < -0.4 is 10.2 Å². The highest BCUT2D eigenvalue weighted by Gasteiger charge is 2.22. The lowest BCUT2D eigenvalue weighted by atomic mass is 10.1. The average Bonchev–Trinajstić information content (AvgIpc) is 3.48. The minimum Gasteiger partial charge on any atom is -0.467 e. The molecule has 152 valence electrons. The second kappa shape index (κ2) is 9.47. The number of carbonyl (C=O) groups excluding carboxylic acids is 1. The van der Waals surface area contributed by atoms with Gasteiger partial charge in [0, 0.05) is 26.2 Å². The van der Waals surface area contributed by atoms with E-state index in [1.807, 2.05) is 12.1 Å². The van der Waals surface area contributed by atoms with Crippen LogP contribution in [0.15, 0.2) is 28.0 Å². The van der Waals surface area contributed by atoms with Crippen molar-refractivity contribution < 1.29 is 13.9 Å². The van der Waals surface area contributed by atoms with Crippen molar-refractivity contribution in [2.75, 3.05) is 36.9 Å². The Kier molecular flexibility index (Phi) is 6.53. The van der Waals surface area contributed by atoms with E-state index in [2.05, 4.69) is 25.0 Å². The fraction of sp³-hybridized carbons (Fsp3) is 0.632. The number of rotatable bonds is 8. The van der Waals surface area contributed by atoms with E-state index < -0.39 is 0 Å². The predicted molar refractivity (Wildman–Crippen MR) is 107 cm³/mol. The number of amides is 1. The first kappa shape index (κ1) is 19.3. The van der Waals surface area contributed by atoms with Gasteiger partial charge < -0.3 is 19.4 Å². The van der Waals surface area contributed by atoms with Gasteiger partial charge >= 0.3 is 0 Å². The molecular weight excluding hydrogens is 378 g/mol. The number of nitrogens with one attached hydrogen (secondary N) is 1. The number of hydrogen-bond donors (Lipinski definition) is 1. The number of carbonyl (C=O) groups is 1. The van der Waals surface area contributed by atoms with Crippen molar-refractivity contribution >= 4 is 23.6 Å². The van der Waals surface area contributed by atoms with Crippen molar-refractivity contribution in [2.24, 2.45) is 0 Å². The zero-order valence-electron chi connectivity index (χ0n) is 16.0. The van der Waals surface area contributed by atoms with Gasteiger partial charge in [-0.3, -0.25) is 9.36 Å². The van der Waals surface area contributed by atoms with Crippen molar-refractivity contribution in [1.29, 1.82) is 0 Å². The van der Waals surface area contributed by atoms with Gasteiger partial charge in [0.1, 0.15) is 5.76 Å². The van der Waals surface area contributed by atoms with Crippen LogP contribution in [0.5, 0.6) is 0 Å². The fourth-order valence-electron chi connectivity index (χ4n) is 3.63. The number of hydrogen-bond acceptors (Lipinski definition) is 7. The van der Waals surface area contributed by atoms with E-state index in [4.69, 9.17) is 9.15 Å². The molecule has 2 aromatic rings. The molecule has 0 aromatic carbocycles. The standard InChI is InChI=1S/C19H27N5O3S/c25-17(20-12-15-6-4-10-26-15)14-28-19-22-21-18(23-8-2-1-3-9-23)24(19)13-16-7-5-11-27-16/h5,7,11,15H,1-4,6,8-10,12-14H2,(H,20,25). The quantitative estimate of drug-likeness (QED) is 0.675. The van der Waals surface area contributed by atoms with Gasteiger partial charge in [0.2, 0.25) is 11.9 Å². The summed E-state index contributed by atoms with van der Waals surface area (Å²) in [6.07, 6.45) is 7.51. The number of piperidine rings is 1. The molecule has 2 fully saturated rings. The average molecular weight is 406 g/mol. The molecule has 0 spiro atoms. The predicted octanol–water partition coefficient (Wildman–Crippen LogP) is 2.30. The molecule has 4 heterocycles. The van der Waals surface area contributed by atoms with E-state index in [9.17, 15) is 4.79 Å². The summed E-state index contributed by atoms with van der Waals surface area (Å²) in [5.74, 6) is 2.01. The van der Waals surface area contributed by atoms with Gasteiger partial charge in [-0.15, -0.1) is 10.2 Å². The molecule has 2 aliphatic heterocycles. The van der Waals surface area contributed by atoms with Crippen LogP contribution in [0.2, 0.25) is 0 Å². The number of furan rings is 1. The Labute approximate surface area is 169 Å². The van der Waals surface area contributed by atoms with Crippen LogP contribution in [0, 0.1) is 0 Å². The molecule has 0 bridgehead atoms. The third-order valence-electron chi connectivity index (χ3n) is 5.11. The van der Waals surface area contributed by atoms with E-state index in [-0.39, 0.29) is 12.0 Å². The van der Waals surface area contributed by atoms with Crippen molar-refractivity contribution in [3.63, 3.8) is 0 Å². The van der Waals surface area contributed by atoms with Crippen LogP contribution >= 0.6 is 11.8 Å². The second-order valence-corrected chi connectivity index (χ2v) is 8.17. The van der Waals surface area contributed by atoms with Crippen molar-refractivity contribution in [2.45, 2.75) is 49.9 Å². The maximum absolute atomic E-state index is 12.2. The third-order valence-corrected chi connectivity index (χ3v) is 6.08. The largest absolute Gasteiger partial charge is 0.467 e. The van der Waals surface area contributed by atoms with Gasteiger partial charge in [-0.2, -0.15) is 0 Å². The van der Waals surface area contributed by atoms with E-state index in [1.54, 1.807) is 6.26 Å². The van der Waals surface area contributed by atoms with Crippen molar-refractivity contribution in [3.05, 3.63) is 24.2 Å². The Bertz CT molecular complexity index is 752. The van der Waals surface area contributed by atoms with E-state index in [0.717, 1.165) is 49.4 Å². The smallest absolute Gasteiger partial charge is 0.230 e. The van der Waals surface area contributed by atoms with Crippen molar-refractivity contribution in [1.82, 2.24) is 20.1 Å². The normalized spacial score (nSPS) is 19.9. The summed E-state index contributed by atoms with van der Waals surface area (Å²) >= 11 is 1.41. The lowest BCUT2D eigenvalue weighted by molar-refractivity contribution is -0.119. The molecule has 2 aliphatic rings. The summed E-state index contributed by atoms with van der Waals surface area (Å²) in [6.45, 7) is 3.92. The van der Waals surface area contributed by atoms with Gasteiger partial charge in [-0.25, -0.2) is 0 Å². The first-order chi connectivity index (χ1) is 13.8. The monoisotopic (exact) mass is 405 g/mol. The maximum Gasteiger partial charge on any atom is 0.230 e. The Hall–Kier alpha value is -2.00. The Morgan fingerprint density at radius 3 is 2.89 bits per heavy atom. The second-order valence-electron chi connectivity index (χ2n) is 7.22. The number of aromatic nitrogens is 3. The zero-order chi connectivity index (χ0) is 19.2. The molecule has 1 N–H and O–H groups in total. The molecule has 0 radical (unpaired) electrons. The number of nitrogens with zero attached hydrogens (tertiary/aromatic N) is 4. The number of thioether (sulfide) groups is 1. The Balaban J connectivity index is 1.40. The topological polar surface area (TPSA) is 85.4 Å². The van der Waals surface area contributed by atoms with Gasteiger partial charge in [0.15, 0.2) is 5.16 Å². The molecule has 1 atom stereocenters. The highest BCUT2D eigenvalue weighted by atomic mass is 32.2. The lowest BCUT2D eigenvalue weighted by Crippen LogP contribution is -2.33. The Morgan fingerprint density at radius 2 is 2.14 bits per heavy atom. The van der Waals surface area contributed by atoms with E-state index in [1.165, 1.54) is 31.0 Å². The minimum absolute atomic E-state index is 0.00688. The minimum atomic E-state index is -0.00688. The first-order valence-corrected chi connectivity index (χ1v) is 11.0. The highest BCUT2D eigenvalue weighted by molar-refractivity contribution is 7.99. The molecule has 4 rings (SSSR count). The van der Waals surface area contributed by atoms with Gasteiger partial charge in [0.05, 0.1) is 24.7 Å². The van der Waals surface area contributed by atoms with Crippen LogP contribution in [-0.2, 0) is 16.1 Å². The van der Waals surface area contributed by atoms with E-state index in [0.29, 0.717) is 18.8 Å². The molecule has 8 nitrogen and oxygen atoms in total. The van der Waals surface area contributed by atoms with Crippen LogP contribution in [-0.4, -0.2) is 58.8 Å². The molecule has 2 aromatic heterocycles. The zero-order valence-corrected chi connectivity index (χ0v) is 16.8. The van der Waals surface area contributed by atoms with Gasteiger partial charge in [0.25, 0.3) is 0 Å². The molecule has 9 heteroatoms. The summed E-state index contributed by atoms with van der Waals surface area (Å²) in [5.41, 5.74) is 0. The Morgan fingerprint density at radius 1 is 1.25 bits per heavy atom. The summed E-state index contributed by atoms with van der Waals surface area (Å²) in [5, 5.41) is 12.5. The summed E-state index contributed by atoms with van der Waals surface area (Å²) in [4.78, 5) is 14.5. The molecule has 0 saturated carbocycles. The molecule has 0 aliphatic carbocycles. The molecule has 2 saturated heterocycles. The summed E-state index contributed by atoms with van der Waals surface area (Å²) in [6, 6.07) is 3.83.